The van der Waals surface area contributed by atoms with E-state index in [-0.39, 0.29) is 5.39 Å². The van der Waals surface area contributed by atoms with Gasteiger partial charge in [-0.05, 0) is 37.8 Å². The first-order valence-corrected chi connectivity index (χ1v) is 9.75. The van der Waals surface area contributed by atoms with Crippen LogP contribution in [0.4, 0.5) is 4.39 Å². The van der Waals surface area contributed by atoms with E-state index in [2.05, 4.69) is 15.3 Å². The minimum absolute atomic E-state index is 0.0226. The van der Waals surface area contributed by atoms with Gasteiger partial charge in [0.1, 0.15) is 22.8 Å². The predicted molar refractivity (Wildman–Crippen MR) is 99.1 cm³/mol. The summed E-state index contributed by atoms with van der Waals surface area (Å²) in [5.41, 5.74) is -0.00698. The third-order valence-corrected chi connectivity index (χ3v) is 5.68. The van der Waals surface area contributed by atoms with Gasteiger partial charge in [-0.15, -0.1) is 0 Å². The summed E-state index contributed by atoms with van der Waals surface area (Å²) in [5.74, 6) is 1.60. The molecule has 4 rings (SSSR count). The number of aromatic nitrogens is 2. The molecule has 5 nitrogen and oxygen atoms in total. The topological polar surface area (TPSA) is 67.0 Å². The second kappa shape index (κ2) is 7.74. The molecule has 1 aliphatic carbocycles. The minimum atomic E-state index is -0.566. The Morgan fingerprint density at radius 2 is 1.88 bits per heavy atom. The van der Waals surface area contributed by atoms with Crippen LogP contribution >= 0.6 is 0 Å². The zero-order valence-corrected chi connectivity index (χ0v) is 15.0. The number of ether oxygens (including phenoxy) is 1. The Kier molecular flexibility index (Phi) is 5.20. The summed E-state index contributed by atoms with van der Waals surface area (Å²) in [7, 11) is 0. The zero-order valence-electron chi connectivity index (χ0n) is 15.0. The molecule has 1 saturated heterocycles. The first-order valence-electron chi connectivity index (χ1n) is 9.75. The van der Waals surface area contributed by atoms with Crippen LogP contribution in [0.25, 0.3) is 10.9 Å². The molecule has 0 bridgehead atoms. The monoisotopic (exact) mass is 359 g/mol. The standard InChI is InChI=1S/C20H26FN3O2/c21-16-10-15(26-12-14-5-7-22-8-6-14)11-17-19(16)20(25)24-18(23-17)9-13-3-1-2-4-13/h10-11,13-14,22H,1-9,12H2,(H,23,24,25). The van der Waals surface area contributed by atoms with Gasteiger partial charge in [0.2, 0.25) is 0 Å². The molecule has 1 aromatic heterocycles. The maximum Gasteiger partial charge on any atom is 0.261 e. The number of benzene rings is 1. The second-order valence-electron chi connectivity index (χ2n) is 7.67. The third-order valence-electron chi connectivity index (χ3n) is 5.68. The van der Waals surface area contributed by atoms with E-state index >= 15 is 0 Å². The van der Waals surface area contributed by atoms with Crippen molar-refractivity contribution in [3.05, 3.63) is 34.1 Å². The van der Waals surface area contributed by atoms with Crippen molar-refractivity contribution in [2.24, 2.45) is 11.8 Å². The number of hydrogen-bond donors (Lipinski definition) is 2. The summed E-state index contributed by atoms with van der Waals surface area (Å²) in [5, 5.41) is 3.35. The van der Waals surface area contributed by atoms with E-state index in [4.69, 9.17) is 4.74 Å². The van der Waals surface area contributed by atoms with Crippen molar-refractivity contribution in [3.63, 3.8) is 0 Å². The fourth-order valence-corrected chi connectivity index (χ4v) is 4.18. The van der Waals surface area contributed by atoms with Crippen LogP contribution in [-0.4, -0.2) is 29.7 Å². The van der Waals surface area contributed by atoms with Crippen LogP contribution in [0.2, 0.25) is 0 Å². The quantitative estimate of drug-likeness (QED) is 0.860. The summed E-state index contributed by atoms with van der Waals surface area (Å²) in [6, 6.07) is 3.00. The Balaban J connectivity index is 1.55. The molecule has 2 fully saturated rings. The van der Waals surface area contributed by atoms with Crippen molar-refractivity contribution in [2.75, 3.05) is 19.7 Å². The Hall–Kier alpha value is -1.95. The zero-order chi connectivity index (χ0) is 17.9. The molecule has 2 heterocycles. The molecule has 1 aliphatic heterocycles. The van der Waals surface area contributed by atoms with Crippen molar-refractivity contribution in [1.29, 1.82) is 0 Å². The van der Waals surface area contributed by atoms with Crippen LogP contribution in [0, 0.1) is 17.7 Å². The van der Waals surface area contributed by atoms with Gasteiger partial charge in [0.25, 0.3) is 5.56 Å². The molecular weight excluding hydrogens is 333 g/mol. The van der Waals surface area contributed by atoms with Crippen LogP contribution < -0.4 is 15.6 Å². The fraction of sp³-hybridized carbons (Fsp3) is 0.600. The summed E-state index contributed by atoms with van der Waals surface area (Å²) in [6.07, 6.45) is 7.73. The molecule has 6 heteroatoms. The molecule has 2 N–H and O–H groups in total. The molecule has 140 valence electrons. The number of rotatable bonds is 5. The number of hydrogen-bond acceptors (Lipinski definition) is 4. The number of nitrogens with one attached hydrogen (secondary N) is 2. The Morgan fingerprint density at radius 1 is 1.12 bits per heavy atom. The van der Waals surface area contributed by atoms with Gasteiger partial charge in [-0.1, -0.05) is 25.7 Å². The summed E-state index contributed by atoms with van der Waals surface area (Å²) < 4.78 is 20.3. The average molecular weight is 359 g/mol. The van der Waals surface area contributed by atoms with E-state index in [9.17, 15) is 9.18 Å². The van der Waals surface area contributed by atoms with E-state index in [0.717, 1.165) is 32.4 Å². The highest BCUT2D eigenvalue weighted by molar-refractivity contribution is 5.79. The average Bonchev–Trinajstić information content (AvgIpc) is 3.13. The van der Waals surface area contributed by atoms with Crippen LogP contribution in [-0.2, 0) is 6.42 Å². The number of halogens is 1. The van der Waals surface area contributed by atoms with E-state index in [1.807, 2.05) is 0 Å². The van der Waals surface area contributed by atoms with Crippen LogP contribution in [0.15, 0.2) is 16.9 Å². The molecule has 0 unspecified atom stereocenters. The van der Waals surface area contributed by atoms with Crippen LogP contribution in [0.1, 0.15) is 44.3 Å². The maximum absolute atomic E-state index is 14.5. The largest absolute Gasteiger partial charge is 0.493 e. The van der Waals surface area contributed by atoms with Gasteiger partial charge in [0, 0.05) is 18.6 Å². The fourth-order valence-electron chi connectivity index (χ4n) is 4.18. The molecular formula is C20H26FN3O2. The van der Waals surface area contributed by atoms with Gasteiger partial charge >= 0.3 is 0 Å². The molecule has 0 amide bonds. The Bertz CT molecular complexity index is 824. The van der Waals surface area contributed by atoms with E-state index in [1.54, 1.807) is 6.07 Å². The minimum Gasteiger partial charge on any atom is -0.493 e. The normalized spacial score (nSPS) is 19.3. The number of aromatic amines is 1. The smallest absolute Gasteiger partial charge is 0.261 e. The SMILES string of the molecule is O=c1[nH]c(CC2CCCC2)nc2cc(OCC3CCNCC3)cc(F)c12. The molecule has 26 heavy (non-hydrogen) atoms. The third kappa shape index (κ3) is 3.90. The highest BCUT2D eigenvalue weighted by atomic mass is 19.1. The van der Waals surface area contributed by atoms with E-state index in [1.165, 1.54) is 31.7 Å². The lowest BCUT2D eigenvalue weighted by molar-refractivity contribution is 0.215. The van der Waals surface area contributed by atoms with Gasteiger partial charge in [-0.3, -0.25) is 4.79 Å². The number of piperidine rings is 1. The van der Waals surface area contributed by atoms with E-state index in [0.29, 0.717) is 35.5 Å². The van der Waals surface area contributed by atoms with Gasteiger partial charge in [0.15, 0.2) is 0 Å². The van der Waals surface area contributed by atoms with E-state index < -0.39 is 11.4 Å². The van der Waals surface area contributed by atoms with Gasteiger partial charge < -0.3 is 15.0 Å². The van der Waals surface area contributed by atoms with Gasteiger partial charge in [-0.2, -0.15) is 0 Å². The highest BCUT2D eigenvalue weighted by Crippen LogP contribution is 2.28. The predicted octanol–water partition coefficient (Wildman–Crippen LogP) is 3.17. The number of nitrogens with zero attached hydrogens (tertiary/aromatic N) is 1. The van der Waals surface area contributed by atoms with Crippen LogP contribution in [0.3, 0.4) is 0 Å². The summed E-state index contributed by atoms with van der Waals surface area (Å²) in [6.45, 7) is 2.58. The molecule has 2 aromatic rings. The number of fused-ring (bicyclic) bond motifs is 1. The Morgan fingerprint density at radius 3 is 2.65 bits per heavy atom. The van der Waals surface area contributed by atoms with Crippen molar-refractivity contribution >= 4 is 10.9 Å². The molecule has 0 radical (unpaired) electrons. The van der Waals surface area contributed by atoms with Crippen molar-refractivity contribution < 1.29 is 9.13 Å². The van der Waals surface area contributed by atoms with Crippen molar-refractivity contribution in [3.8, 4) is 5.75 Å². The first kappa shape index (κ1) is 17.5. The first-order chi connectivity index (χ1) is 12.7. The van der Waals surface area contributed by atoms with Crippen molar-refractivity contribution in [2.45, 2.75) is 44.9 Å². The lowest BCUT2D eigenvalue weighted by Crippen LogP contribution is -2.30. The summed E-state index contributed by atoms with van der Waals surface area (Å²) in [4.78, 5) is 19.6. The van der Waals surface area contributed by atoms with Gasteiger partial charge in [0.05, 0.1) is 12.1 Å². The lowest BCUT2D eigenvalue weighted by atomic mass is 9.99. The molecule has 1 saturated carbocycles. The van der Waals surface area contributed by atoms with Crippen LogP contribution in [0.5, 0.6) is 5.75 Å². The van der Waals surface area contributed by atoms with Crippen molar-refractivity contribution in [1.82, 2.24) is 15.3 Å². The summed E-state index contributed by atoms with van der Waals surface area (Å²) >= 11 is 0. The number of H-pyrrole nitrogens is 1. The van der Waals surface area contributed by atoms with Gasteiger partial charge in [-0.25, -0.2) is 9.37 Å². The molecule has 0 atom stereocenters. The second-order valence-corrected chi connectivity index (χ2v) is 7.67. The molecule has 1 aromatic carbocycles. The maximum atomic E-state index is 14.5. The Labute approximate surface area is 152 Å². The molecule has 0 spiro atoms. The lowest BCUT2D eigenvalue weighted by Gasteiger charge is -2.22. The molecule has 2 aliphatic rings. The highest BCUT2D eigenvalue weighted by Gasteiger charge is 2.19.